The van der Waals surface area contributed by atoms with Crippen LogP contribution in [0.1, 0.15) is 13.0 Å². The molecule has 3 aromatic rings. The Hall–Kier alpha value is -3.16. The number of rotatable bonds is 3. The maximum absolute atomic E-state index is 12.9. The van der Waals surface area contributed by atoms with Crippen molar-refractivity contribution in [3.63, 3.8) is 0 Å². The molecule has 4 rings (SSSR count). The highest BCUT2D eigenvalue weighted by atomic mass is 16.4. The number of aromatic nitrogens is 3. The summed E-state index contributed by atoms with van der Waals surface area (Å²) in [4.78, 5) is 37.4. The van der Waals surface area contributed by atoms with Crippen LogP contribution in [0.15, 0.2) is 51.9 Å². The van der Waals surface area contributed by atoms with Gasteiger partial charge in [0.05, 0.1) is 5.52 Å². The third kappa shape index (κ3) is 2.83. The van der Waals surface area contributed by atoms with Gasteiger partial charge in [-0.15, -0.1) is 0 Å². The van der Waals surface area contributed by atoms with Crippen molar-refractivity contribution < 1.29 is 9.21 Å². The zero-order valence-corrected chi connectivity index (χ0v) is 14.4. The summed E-state index contributed by atoms with van der Waals surface area (Å²) in [6.45, 7) is 4.17. The Morgan fingerprint density at radius 3 is 2.50 bits per heavy atom. The number of piperazine rings is 1. The molecule has 1 aromatic carbocycles. The smallest absolute Gasteiger partial charge is 0.408 e. The van der Waals surface area contributed by atoms with Gasteiger partial charge in [0, 0.05) is 38.6 Å². The lowest BCUT2D eigenvalue weighted by Gasteiger charge is -2.35. The first-order valence-electron chi connectivity index (χ1n) is 8.56. The van der Waals surface area contributed by atoms with Crippen molar-refractivity contribution >= 4 is 23.0 Å². The summed E-state index contributed by atoms with van der Waals surface area (Å²) in [7, 11) is 0. The molecular weight excluding hydrogens is 334 g/mol. The van der Waals surface area contributed by atoms with E-state index in [0.717, 1.165) is 0 Å². The molecule has 1 atom stereocenters. The minimum Gasteiger partial charge on any atom is -0.408 e. The first-order chi connectivity index (χ1) is 12.6. The molecule has 26 heavy (non-hydrogen) atoms. The van der Waals surface area contributed by atoms with Crippen molar-refractivity contribution in [2.24, 2.45) is 0 Å². The van der Waals surface area contributed by atoms with Crippen molar-refractivity contribution in [2.75, 3.05) is 31.1 Å². The molecule has 8 nitrogen and oxygen atoms in total. The van der Waals surface area contributed by atoms with Crippen molar-refractivity contribution in [2.45, 2.75) is 13.0 Å². The molecule has 1 fully saturated rings. The lowest BCUT2D eigenvalue weighted by molar-refractivity contribution is -0.134. The van der Waals surface area contributed by atoms with Crippen LogP contribution in [0.5, 0.6) is 0 Å². The van der Waals surface area contributed by atoms with Gasteiger partial charge in [-0.1, -0.05) is 12.1 Å². The van der Waals surface area contributed by atoms with Gasteiger partial charge in [-0.05, 0) is 25.1 Å². The van der Waals surface area contributed by atoms with Gasteiger partial charge in [0.1, 0.15) is 6.04 Å². The number of fused-ring (bicyclic) bond motifs is 1. The Labute approximate surface area is 149 Å². The second-order valence-electron chi connectivity index (χ2n) is 6.24. The van der Waals surface area contributed by atoms with Crippen LogP contribution in [-0.2, 0) is 4.79 Å². The van der Waals surface area contributed by atoms with E-state index in [2.05, 4.69) is 9.97 Å². The van der Waals surface area contributed by atoms with Crippen LogP contribution in [0.25, 0.3) is 11.1 Å². The van der Waals surface area contributed by atoms with Crippen LogP contribution in [-0.4, -0.2) is 51.5 Å². The lowest BCUT2D eigenvalue weighted by atomic mass is 10.2. The maximum Gasteiger partial charge on any atom is 0.420 e. The number of nitrogens with zero attached hydrogens (tertiary/aromatic N) is 5. The molecule has 0 aliphatic carbocycles. The molecule has 1 unspecified atom stereocenters. The van der Waals surface area contributed by atoms with Gasteiger partial charge in [-0.3, -0.25) is 9.36 Å². The minimum absolute atomic E-state index is 0.0905. The van der Waals surface area contributed by atoms with E-state index in [1.165, 1.54) is 4.57 Å². The molecule has 3 heterocycles. The van der Waals surface area contributed by atoms with Gasteiger partial charge in [-0.25, -0.2) is 14.8 Å². The number of anilines is 1. The van der Waals surface area contributed by atoms with E-state index < -0.39 is 11.8 Å². The molecule has 1 amide bonds. The van der Waals surface area contributed by atoms with Crippen LogP contribution in [0, 0.1) is 0 Å². The van der Waals surface area contributed by atoms with E-state index in [4.69, 9.17) is 4.42 Å². The topological polar surface area (TPSA) is 84.5 Å². The fraction of sp³-hybridized carbons (Fsp3) is 0.333. The average molecular weight is 353 g/mol. The average Bonchev–Trinajstić information content (AvgIpc) is 3.03. The van der Waals surface area contributed by atoms with Gasteiger partial charge < -0.3 is 14.2 Å². The van der Waals surface area contributed by atoms with Crippen molar-refractivity contribution in [1.82, 2.24) is 19.4 Å². The highest BCUT2D eigenvalue weighted by Gasteiger charge is 2.28. The van der Waals surface area contributed by atoms with Gasteiger partial charge in [-0.2, -0.15) is 0 Å². The van der Waals surface area contributed by atoms with E-state index in [1.54, 1.807) is 48.5 Å². The number of para-hydroxylation sites is 2. The molecule has 1 aliphatic rings. The number of benzene rings is 1. The highest BCUT2D eigenvalue weighted by molar-refractivity contribution is 5.83. The van der Waals surface area contributed by atoms with Crippen LogP contribution in [0.4, 0.5) is 5.95 Å². The summed E-state index contributed by atoms with van der Waals surface area (Å²) in [6, 6.07) is 8.29. The molecule has 2 aromatic heterocycles. The van der Waals surface area contributed by atoms with Gasteiger partial charge in [0.2, 0.25) is 11.9 Å². The molecule has 134 valence electrons. The van der Waals surface area contributed by atoms with Crippen molar-refractivity contribution in [3.8, 4) is 0 Å². The summed E-state index contributed by atoms with van der Waals surface area (Å²) in [5.74, 6) is 0.0698. The normalized spacial score (nSPS) is 16.0. The Morgan fingerprint density at radius 1 is 1.08 bits per heavy atom. The predicted octanol–water partition coefficient (Wildman–Crippen LogP) is 1.29. The van der Waals surface area contributed by atoms with Gasteiger partial charge in [0.25, 0.3) is 0 Å². The van der Waals surface area contributed by atoms with E-state index in [-0.39, 0.29) is 5.91 Å². The van der Waals surface area contributed by atoms with E-state index in [0.29, 0.717) is 43.2 Å². The van der Waals surface area contributed by atoms with Crippen LogP contribution < -0.4 is 10.7 Å². The molecular formula is C18H19N5O3. The van der Waals surface area contributed by atoms with Crippen molar-refractivity contribution in [3.05, 3.63) is 53.3 Å². The molecule has 1 saturated heterocycles. The van der Waals surface area contributed by atoms with Gasteiger partial charge >= 0.3 is 5.76 Å². The Morgan fingerprint density at radius 2 is 1.77 bits per heavy atom. The fourth-order valence-electron chi connectivity index (χ4n) is 3.31. The number of hydrogen-bond acceptors (Lipinski definition) is 6. The zero-order valence-electron chi connectivity index (χ0n) is 14.4. The quantitative estimate of drug-likeness (QED) is 0.706. The fourth-order valence-corrected chi connectivity index (χ4v) is 3.31. The molecule has 0 saturated carbocycles. The van der Waals surface area contributed by atoms with Crippen LogP contribution in [0.3, 0.4) is 0 Å². The Bertz CT molecular complexity index is 973. The van der Waals surface area contributed by atoms with Crippen LogP contribution in [0.2, 0.25) is 0 Å². The second-order valence-corrected chi connectivity index (χ2v) is 6.24. The summed E-state index contributed by atoms with van der Waals surface area (Å²) in [5.41, 5.74) is 1.12. The molecule has 0 bridgehead atoms. The molecule has 1 aliphatic heterocycles. The molecule has 8 heteroatoms. The van der Waals surface area contributed by atoms with Gasteiger partial charge in [0.15, 0.2) is 5.58 Å². The number of carbonyl (C=O) groups excluding carboxylic acids is 1. The summed E-state index contributed by atoms with van der Waals surface area (Å²) in [6.07, 6.45) is 3.41. The standard InChI is InChI=1S/C18H19N5O3/c1-13(23-14-5-2-3-6-15(14)26-18(23)25)16(24)21-9-11-22(12-10-21)17-19-7-4-8-20-17/h2-8,13H,9-12H2,1H3. The molecule has 0 radical (unpaired) electrons. The Balaban J connectivity index is 1.50. The van der Waals surface area contributed by atoms with Crippen LogP contribution >= 0.6 is 0 Å². The number of hydrogen-bond donors (Lipinski definition) is 0. The first-order valence-corrected chi connectivity index (χ1v) is 8.56. The summed E-state index contributed by atoms with van der Waals surface area (Å²) < 4.78 is 6.67. The summed E-state index contributed by atoms with van der Waals surface area (Å²) >= 11 is 0. The molecule has 0 N–H and O–H groups in total. The first kappa shape index (κ1) is 16.3. The number of amides is 1. The van der Waals surface area contributed by atoms with Crippen molar-refractivity contribution in [1.29, 1.82) is 0 Å². The monoisotopic (exact) mass is 353 g/mol. The largest absolute Gasteiger partial charge is 0.420 e. The predicted molar refractivity (Wildman–Crippen MR) is 96.0 cm³/mol. The van der Waals surface area contributed by atoms with E-state index >= 15 is 0 Å². The van der Waals surface area contributed by atoms with E-state index in [1.807, 2.05) is 11.0 Å². The SMILES string of the molecule is CC(C(=O)N1CCN(c2ncccn2)CC1)n1c(=O)oc2ccccc21. The Kier molecular flexibility index (Phi) is 4.16. The third-order valence-corrected chi connectivity index (χ3v) is 4.69. The summed E-state index contributed by atoms with van der Waals surface area (Å²) in [5, 5.41) is 0. The minimum atomic E-state index is -0.620. The van der Waals surface area contributed by atoms with E-state index in [9.17, 15) is 9.59 Å². The lowest BCUT2D eigenvalue weighted by Crippen LogP contribution is -2.51. The maximum atomic E-state index is 12.9. The second kappa shape index (κ2) is 6.62. The third-order valence-electron chi connectivity index (χ3n) is 4.69. The number of carbonyl (C=O) groups is 1. The number of oxazole rings is 1. The zero-order chi connectivity index (χ0) is 18.1. The highest BCUT2D eigenvalue weighted by Crippen LogP contribution is 2.19. The molecule has 0 spiro atoms.